The molecule has 1 heterocycles. The fraction of sp³-hybridized carbons (Fsp3) is 0.0833. The predicted molar refractivity (Wildman–Crippen MR) is 122 cm³/mol. The van der Waals surface area contributed by atoms with Gasteiger partial charge >= 0.3 is 5.97 Å². The van der Waals surface area contributed by atoms with E-state index in [9.17, 15) is 19.2 Å². The number of nitrogens with one attached hydrogen (secondary N) is 1. The maximum atomic E-state index is 12.8. The van der Waals surface area contributed by atoms with Crippen molar-refractivity contribution in [1.29, 1.82) is 0 Å². The Kier molecular flexibility index (Phi) is 6.44. The molecule has 0 spiro atoms. The summed E-state index contributed by atoms with van der Waals surface area (Å²) in [6.45, 7) is -0.513. The monoisotopic (exact) mass is 482 g/mol. The Labute approximate surface area is 198 Å². The average molecular weight is 483 g/mol. The minimum Gasteiger partial charge on any atom is -0.452 e. The first-order chi connectivity index (χ1) is 15.8. The molecule has 0 radical (unpaired) electrons. The first kappa shape index (κ1) is 22.5. The van der Waals surface area contributed by atoms with Crippen LogP contribution in [0.25, 0.3) is 0 Å². The maximum absolute atomic E-state index is 12.8. The van der Waals surface area contributed by atoms with E-state index in [-0.39, 0.29) is 23.2 Å². The highest BCUT2D eigenvalue weighted by Crippen LogP contribution is 2.27. The second-order valence-electron chi connectivity index (χ2n) is 7.18. The highest BCUT2D eigenvalue weighted by atomic mass is 35.5. The summed E-state index contributed by atoms with van der Waals surface area (Å²) in [5.41, 5.74) is 1.45. The third-order valence-corrected chi connectivity index (χ3v) is 5.58. The molecule has 7 nitrogen and oxygen atoms in total. The van der Waals surface area contributed by atoms with Crippen LogP contribution in [0.5, 0.6) is 0 Å². The number of rotatable bonds is 6. The summed E-state index contributed by atoms with van der Waals surface area (Å²) in [5.74, 6) is -2.35. The van der Waals surface area contributed by atoms with Gasteiger partial charge in [-0.2, -0.15) is 0 Å². The summed E-state index contributed by atoms with van der Waals surface area (Å²) in [7, 11) is 0. The van der Waals surface area contributed by atoms with Crippen molar-refractivity contribution in [2.75, 3.05) is 11.9 Å². The normalized spacial score (nSPS) is 12.5. The third-order valence-electron chi connectivity index (χ3n) is 4.96. The highest BCUT2D eigenvalue weighted by Gasteiger charge is 2.36. The van der Waals surface area contributed by atoms with E-state index in [0.717, 1.165) is 4.90 Å². The topological polar surface area (TPSA) is 92.8 Å². The summed E-state index contributed by atoms with van der Waals surface area (Å²) < 4.78 is 5.04. The van der Waals surface area contributed by atoms with Gasteiger partial charge in [0.1, 0.15) is 0 Å². The van der Waals surface area contributed by atoms with Crippen molar-refractivity contribution in [2.45, 2.75) is 6.54 Å². The zero-order chi connectivity index (χ0) is 23.5. The van der Waals surface area contributed by atoms with Gasteiger partial charge in [0, 0.05) is 15.7 Å². The minimum atomic E-state index is -0.797. The van der Waals surface area contributed by atoms with Gasteiger partial charge in [-0.25, -0.2) is 4.79 Å². The predicted octanol–water partition coefficient (Wildman–Crippen LogP) is 4.59. The second-order valence-corrected chi connectivity index (χ2v) is 8.02. The van der Waals surface area contributed by atoms with Crippen molar-refractivity contribution >= 4 is 52.6 Å². The Morgan fingerprint density at radius 2 is 1.58 bits per heavy atom. The number of carbonyl (C=O) groups excluding carboxylic acids is 4. The molecule has 1 aliphatic heterocycles. The van der Waals surface area contributed by atoms with E-state index in [1.807, 2.05) is 0 Å². The van der Waals surface area contributed by atoms with Crippen molar-refractivity contribution in [3.05, 3.63) is 99.0 Å². The molecule has 0 bridgehead atoms. The van der Waals surface area contributed by atoms with Crippen LogP contribution in [0.3, 0.4) is 0 Å². The van der Waals surface area contributed by atoms with E-state index in [0.29, 0.717) is 21.3 Å². The number of amides is 3. The van der Waals surface area contributed by atoms with Gasteiger partial charge in [0.05, 0.1) is 23.2 Å². The highest BCUT2D eigenvalue weighted by molar-refractivity contribution is 6.31. The van der Waals surface area contributed by atoms with Gasteiger partial charge in [-0.05, 0) is 54.1 Å². The van der Waals surface area contributed by atoms with Crippen LogP contribution >= 0.6 is 23.2 Å². The maximum Gasteiger partial charge on any atom is 0.338 e. The van der Waals surface area contributed by atoms with Crippen LogP contribution in [0.15, 0.2) is 66.7 Å². The molecule has 0 unspecified atom stereocenters. The van der Waals surface area contributed by atoms with E-state index >= 15 is 0 Å². The van der Waals surface area contributed by atoms with E-state index < -0.39 is 30.3 Å². The van der Waals surface area contributed by atoms with Gasteiger partial charge in [0.15, 0.2) is 6.61 Å². The molecule has 166 valence electrons. The molecular weight excluding hydrogens is 467 g/mol. The number of benzene rings is 3. The molecule has 33 heavy (non-hydrogen) atoms. The van der Waals surface area contributed by atoms with E-state index in [2.05, 4.69) is 5.32 Å². The quantitative estimate of drug-likeness (QED) is 0.409. The molecule has 4 rings (SSSR count). The fourth-order valence-corrected chi connectivity index (χ4v) is 3.62. The van der Waals surface area contributed by atoms with Crippen molar-refractivity contribution in [3.8, 4) is 0 Å². The number of fused-ring (bicyclic) bond motifs is 1. The zero-order valence-corrected chi connectivity index (χ0v) is 18.5. The number of hydrogen-bond acceptors (Lipinski definition) is 5. The van der Waals surface area contributed by atoms with Crippen molar-refractivity contribution in [1.82, 2.24) is 4.90 Å². The largest absolute Gasteiger partial charge is 0.452 e. The Hall–Kier alpha value is -3.68. The molecular formula is C24H16Cl2N2O5. The Morgan fingerprint density at radius 3 is 2.30 bits per heavy atom. The van der Waals surface area contributed by atoms with Crippen LogP contribution in [0.4, 0.5) is 5.69 Å². The summed E-state index contributed by atoms with van der Waals surface area (Å²) in [6.07, 6.45) is 0. The summed E-state index contributed by atoms with van der Waals surface area (Å²) in [4.78, 5) is 51.0. The molecule has 0 atom stereocenters. The molecule has 1 aliphatic rings. The number of anilines is 1. The Morgan fingerprint density at radius 1 is 0.879 bits per heavy atom. The van der Waals surface area contributed by atoms with E-state index in [1.54, 1.807) is 48.5 Å². The lowest BCUT2D eigenvalue weighted by molar-refractivity contribution is -0.119. The molecule has 3 aromatic carbocycles. The number of carbonyl (C=O) groups is 4. The lowest BCUT2D eigenvalue weighted by atomic mass is 10.1. The molecule has 1 N–H and O–H groups in total. The molecule has 0 fully saturated rings. The number of esters is 1. The number of nitrogens with zero attached hydrogens (tertiary/aromatic N) is 1. The van der Waals surface area contributed by atoms with E-state index in [4.69, 9.17) is 27.9 Å². The van der Waals surface area contributed by atoms with Crippen molar-refractivity contribution < 1.29 is 23.9 Å². The number of imide groups is 1. The van der Waals surface area contributed by atoms with Gasteiger partial charge in [-0.3, -0.25) is 19.3 Å². The smallest absolute Gasteiger partial charge is 0.338 e. The van der Waals surface area contributed by atoms with Gasteiger partial charge in [0.2, 0.25) is 0 Å². The van der Waals surface area contributed by atoms with Crippen LogP contribution in [0.2, 0.25) is 10.0 Å². The van der Waals surface area contributed by atoms with Crippen LogP contribution in [0, 0.1) is 0 Å². The van der Waals surface area contributed by atoms with Gasteiger partial charge in [0.25, 0.3) is 17.7 Å². The molecule has 0 aliphatic carbocycles. The van der Waals surface area contributed by atoms with Gasteiger partial charge in [-0.1, -0.05) is 41.4 Å². The second kappa shape index (κ2) is 9.44. The summed E-state index contributed by atoms with van der Waals surface area (Å²) in [6, 6.07) is 17.4. The summed E-state index contributed by atoms with van der Waals surface area (Å²) in [5, 5.41) is 3.54. The first-order valence-electron chi connectivity index (χ1n) is 9.79. The number of hydrogen-bond donors (Lipinski definition) is 1. The molecule has 3 amide bonds. The lowest BCUT2D eigenvalue weighted by Gasteiger charge is -2.14. The number of halogens is 2. The van der Waals surface area contributed by atoms with E-state index in [1.165, 1.54) is 18.2 Å². The van der Waals surface area contributed by atoms with Crippen LogP contribution < -0.4 is 5.32 Å². The standard InChI is InChI=1S/C24H16Cl2N2O5/c25-16-6-8-17(9-7-16)27-21(29)13-33-24(32)14-5-10-18-19(11-14)23(31)28(22(18)30)12-15-3-1-2-4-20(15)26/h1-11H,12-13H2,(H,27,29). The molecule has 3 aromatic rings. The molecule has 0 saturated heterocycles. The minimum absolute atomic E-state index is 0.0106. The summed E-state index contributed by atoms with van der Waals surface area (Å²) >= 11 is 11.9. The van der Waals surface area contributed by atoms with Crippen LogP contribution in [-0.2, 0) is 16.1 Å². The Bertz CT molecular complexity index is 1270. The van der Waals surface area contributed by atoms with Gasteiger partial charge in [-0.15, -0.1) is 0 Å². The van der Waals surface area contributed by atoms with Crippen LogP contribution in [-0.4, -0.2) is 35.2 Å². The SMILES string of the molecule is O=C(COC(=O)c1ccc2c(c1)C(=O)N(Cc1ccccc1Cl)C2=O)Nc1ccc(Cl)cc1. The first-order valence-corrected chi connectivity index (χ1v) is 10.6. The lowest BCUT2D eigenvalue weighted by Crippen LogP contribution is -2.29. The average Bonchev–Trinajstić information content (AvgIpc) is 3.04. The van der Waals surface area contributed by atoms with Crippen molar-refractivity contribution in [2.24, 2.45) is 0 Å². The third kappa shape index (κ3) is 4.89. The number of ether oxygens (including phenoxy) is 1. The van der Waals surface area contributed by atoms with Crippen molar-refractivity contribution in [3.63, 3.8) is 0 Å². The van der Waals surface area contributed by atoms with Gasteiger partial charge < -0.3 is 10.1 Å². The molecule has 9 heteroatoms. The van der Waals surface area contributed by atoms with Crippen LogP contribution in [0.1, 0.15) is 36.6 Å². The zero-order valence-electron chi connectivity index (χ0n) is 17.0. The fourth-order valence-electron chi connectivity index (χ4n) is 3.30. The Balaban J connectivity index is 1.42. The molecule has 0 saturated carbocycles. The molecule has 0 aromatic heterocycles.